The average molecular weight is 415 g/mol. The Morgan fingerprint density at radius 1 is 1.25 bits per heavy atom. The van der Waals surface area contributed by atoms with Crippen molar-refractivity contribution in [3.8, 4) is 16.3 Å². The molecule has 0 atom stereocenters. The average Bonchev–Trinajstić information content (AvgIpc) is 3.38. The van der Waals surface area contributed by atoms with E-state index in [1.165, 1.54) is 24.2 Å². The van der Waals surface area contributed by atoms with Crippen molar-refractivity contribution >= 4 is 39.4 Å². The van der Waals surface area contributed by atoms with Gasteiger partial charge in [0.15, 0.2) is 5.13 Å². The number of carbonyl (C=O) groups is 1. The number of nitrogens with two attached hydrogens (primary N) is 1. The standard InChI is InChI=1S/C20H22N4O2S2/c1-11-18(28-12(2)22-11)16-10-27-20(24-16)23-15-9-13(19(21)25)7-8-17(15)26-14-5-3-4-6-14/h7-10,14H,3-6H2,1-2H3,(H2,21,25)(H,23,24). The van der Waals surface area contributed by atoms with E-state index in [1.807, 2.05) is 25.3 Å². The molecule has 0 spiro atoms. The van der Waals surface area contributed by atoms with Crippen molar-refractivity contribution in [1.82, 2.24) is 9.97 Å². The first kappa shape index (κ1) is 18.9. The molecule has 1 saturated carbocycles. The van der Waals surface area contributed by atoms with Crippen molar-refractivity contribution in [2.45, 2.75) is 45.6 Å². The van der Waals surface area contributed by atoms with E-state index in [-0.39, 0.29) is 6.10 Å². The fourth-order valence-electron chi connectivity index (χ4n) is 3.39. The molecule has 0 aliphatic heterocycles. The Kier molecular flexibility index (Phi) is 5.32. The lowest BCUT2D eigenvalue weighted by molar-refractivity contribution is 0.100. The molecule has 1 amide bonds. The minimum absolute atomic E-state index is 0.217. The molecule has 28 heavy (non-hydrogen) atoms. The number of hydrogen-bond acceptors (Lipinski definition) is 7. The summed E-state index contributed by atoms with van der Waals surface area (Å²) in [5.41, 5.74) is 8.50. The minimum atomic E-state index is -0.467. The molecular weight excluding hydrogens is 392 g/mol. The van der Waals surface area contributed by atoms with Gasteiger partial charge in [-0.1, -0.05) is 0 Å². The Hall–Kier alpha value is -2.45. The van der Waals surface area contributed by atoms with Crippen LogP contribution in [0.2, 0.25) is 0 Å². The minimum Gasteiger partial charge on any atom is -0.488 e. The molecule has 3 aromatic rings. The van der Waals surface area contributed by atoms with Crippen molar-refractivity contribution in [1.29, 1.82) is 0 Å². The van der Waals surface area contributed by atoms with E-state index in [2.05, 4.69) is 10.3 Å². The van der Waals surface area contributed by atoms with E-state index in [0.717, 1.165) is 45.0 Å². The highest BCUT2D eigenvalue weighted by Gasteiger charge is 2.19. The SMILES string of the molecule is Cc1nc(C)c(-c2csc(Nc3cc(C(N)=O)ccc3OC3CCCC3)n2)s1. The van der Waals surface area contributed by atoms with Crippen LogP contribution in [-0.2, 0) is 0 Å². The number of anilines is 2. The Balaban J connectivity index is 1.61. The molecule has 2 aromatic heterocycles. The van der Waals surface area contributed by atoms with Crippen LogP contribution in [0.3, 0.4) is 0 Å². The van der Waals surface area contributed by atoms with Gasteiger partial charge in [0.25, 0.3) is 0 Å². The number of benzene rings is 1. The third kappa shape index (κ3) is 4.02. The maximum absolute atomic E-state index is 11.6. The first-order chi connectivity index (χ1) is 13.5. The van der Waals surface area contributed by atoms with Gasteiger partial charge >= 0.3 is 0 Å². The van der Waals surface area contributed by atoms with Crippen LogP contribution in [0.25, 0.3) is 10.6 Å². The largest absolute Gasteiger partial charge is 0.488 e. The maximum Gasteiger partial charge on any atom is 0.248 e. The summed E-state index contributed by atoms with van der Waals surface area (Å²) in [6.45, 7) is 3.99. The molecule has 1 aliphatic carbocycles. The van der Waals surface area contributed by atoms with Crippen LogP contribution < -0.4 is 15.8 Å². The predicted molar refractivity (Wildman–Crippen MR) is 114 cm³/mol. The summed E-state index contributed by atoms with van der Waals surface area (Å²) in [5.74, 6) is 0.254. The van der Waals surface area contributed by atoms with Crippen LogP contribution in [-0.4, -0.2) is 22.0 Å². The molecule has 8 heteroatoms. The van der Waals surface area contributed by atoms with E-state index in [0.29, 0.717) is 11.3 Å². The normalized spacial score (nSPS) is 14.4. The molecule has 0 radical (unpaired) electrons. The van der Waals surface area contributed by atoms with Gasteiger partial charge in [-0.3, -0.25) is 4.79 Å². The zero-order valence-electron chi connectivity index (χ0n) is 15.8. The predicted octanol–water partition coefficient (Wildman–Crippen LogP) is 5.05. The third-order valence-corrected chi connectivity index (χ3v) is 6.59. The van der Waals surface area contributed by atoms with E-state index < -0.39 is 5.91 Å². The fourth-order valence-corrected chi connectivity index (χ4v) is 5.06. The number of carbonyl (C=O) groups excluding carboxylic acids is 1. The lowest BCUT2D eigenvalue weighted by atomic mass is 10.1. The number of primary amides is 1. The van der Waals surface area contributed by atoms with Crippen molar-refractivity contribution in [2.24, 2.45) is 5.73 Å². The topological polar surface area (TPSA) is 90.1 Å². The zero-order chi connectivity index (χ0) is 19.7. The second-order valence-corrected chi connectivity index (χ2v) is 8.97. The molecule has 0 unspecified atom stereocenters. The molecule has 0 saturated heterocycles. The zero-order valence-corrected chi connectivity index (χ0v) is 17.5. The van der Waals surface area contributed by atoms with Crippen LogP contribution in [0.1, 0.15) is 46.7 Å². The number of ether oxygens (including phenoxy) is 1. The second kappa shape index (κ2) is 7.89. The molecule has 3 N–H and O–H groups in total. The highest BCUT2D eigenvalue weighted by atomic mass is 32.1. The summed E-state index contributed by atoms with van der Waals surface area (Å²) in [6.07, 6.45) is 4.71. The van der Waals surface area contributed by atoms with Crippen LogP contribution >= 0.6 is 22.7 Å². The molecule has 4 rings (SSSR count). The first-order valence-corrected chi connectivity index (χ1v) is 11.0. The van der Waals surface area contributed by atoms with Gasteiger partial charge < -0.3 is 15.8 Å². The van der Waals surface area contributed by atoms with Crippen LogP contribution in [0.4, 0.5) is 10.8 Å². The summed E-state index contributed by atoms with van der Waals surface area (Å²) in [7, 11) is 0. The van der Waals surface area contributed by atoms with E-state index in [9.17, 15) is 4.79 Å². The molecule has 1 aromatic carbocycles. The van der Waals surface area contributed by atoms with Crippen LogP contribution in [0.5, 0.6) is 5.75 Å². The van der Waals surface area contributed by atoms with Crippen molar-refractivity contribution in [3.05, 3.63) is 39.8 Å². The van der Waals surface area contributed by atoms with Gasteiger partial charge in [-0.2, -0.15) is 0 Å². The molecule has 1 fully saturated rings. The van der Waals surface area contributed by atoms with Gasteiger partial charge in [-0.05, 0) is 57.7 Å². The summed E-state index contributed by atoms with van der Waals surface area (Å²) in [4.78, 5) is 21.9. The molecular formula is C20H22N4O2S2. The third-order valence-electron chi connectivity index (χ3n) is 4.74. The van der Waals surface area contributed by atoms with Crippen molar-refractivity contribution < 1.29 is 9.53 Å². The summed E-state index contributed by atoms with van der Waals surface area (Å²) >= 11 is 3.15. The summed E-state index contributed by atoms with van der Waals surface area (Å²) in [5, 5.41) is 7.09. The Morgan fingerprint density at radius 3 is 2.71 bits per heavy atom. The number of aryl methyl sites for hydroxylation is 2. The first-order valence-electron chi connectivity index (χ1n) is 9.27. The summed E-state index contributed by atoms with van der Waals surface area (Å²) in [6, 6.07) is 5.25. The number of amides is 1. The lowest BCUT2D eigenvalue weighted by Crippen LogP contribution is -2.14. The Bertz CT molecular complexity index is 1010. The maximum atomic E-state index is 11.6. The number of hydrogen-bond donors (Lipinski definition) is 2. The Labute approximate surface area is 171 Å². The van der Waals surface area contributed by atoms with Gasteiger partial charge in [0, 0.05) is 10.9 Å². The highest BCUT2D eigenvalue weighted by molar-refractivity contribution is 7.16. The van der Waals surface area contributed by atoms with Gasteiger partial charge in [-0.25, -0.2) is 9.97 Å². The van der Waals surface area contributed by atoms with Gasteiger partial charge in [0.2, 0.25) is 5.91 Å². The molecule has 2 heterocycles. The number of nitrogens with one attached hydrogen (secondary N) is 1. The number of aromatic nitrogens is 2. The van der Waals surface area contributed by atoms with Gasteiger partial charge in [0.05, 0.1) is 33.1 Å². The van der Waals surface area contributed by atoms with E-state index in [1.54, 1.807) is 23.5 Å². The fraction of sp³-hybridized carbons (Fsp3) is 0.350. The van der Waals surface area contributed by atoms with E-state index in [4.69, 9.17) is 15.5 Å². The van der Waals surface area contributed by atoms with Gasteiger partial charge in [0.1, 0.15) is 5.75 Å². The number of thiazole rings is 2. The highest BCUT2D eigenvalue weighted by Crippen LogP contribution is 2.36. The van der Waals surface area contributed by atoms with Crippen molar-refractivity contribution in [3.63, 3.8) is 0 Å². The van der Waals surface area contributed by atoms with Crippen LogP contribution in [0, 0.1) is 13.8 Å². The van der Waals surface area contributed by atoms with Gasteiger partial charge in [-0.15, -0.1) is 22.7 Å². The number of rotatable bonds is 6. The van der Waals surface area contributed by atoms with Crippen LogP contribution in [0.15, 0.2) is 23.6 Å². The monoisotopic (exact) mass is 414 g/mol. The van der Waals surface area contributed by atoms with Crippen molar-refractivity contribution in [2.75, 3.05) is 5.32 Å². The molecule has 1 aliphatic rings. The van der Waals surface area contributed by atoms with E-state index >= 15 is 0 Å². The second-order valence-electron chi connectivity index (χ2n) is 6.91. The Morgan fingerprint density at radius 2 is 2.04 bits per heavy atom. The molecule has 6 nitrogen and oxygen atoms in total. The number of nitrogens with zero attached hydrogens (tertiary/aromatic N) is 2. The lowest BCUT2D eigenvalue weighted by Gasteiger charge is -2.17. The smallest absolute Gasteiger partial charge is 0.248 e. The molecule has 0 bridgehead atoms. The quantitative estimate of drug-likeness (QED) is 0.589. The molecule has 146 valence electrons. The summed E-state index contributed by atoms with van der Waals surface area (Å²) < 4.78 is 6.18.